The van der Waals surface area contributed by atoms with Crippen LogP contribution in [-0.2, 0) is 6.30 Å². The van der Waals surface area contributed by atoms with Crippen molar-refractivity contribution in [3.63, 3.8) is 0 Å². The predicted octanol–water partition coefficient (Wildman–Crippen LogP) is 3.04. The first-order valence-corrected chi connectivity index (χ1v) is 4.73. The second-order valence-electron chi connectivity index (χ2n) is 3.45. The number of nitrogens with zero attached hydrogens (tertiary/aromatic N) is 3. The monoisotopic (exact) mass is 255 g/mol. The molecule has 0 N–H and O–H groups in total. The normalized spacial score (nSPS) is 11.3. The fourth-order valence-electron chi connectivity index (χ4n) is 1.42. The third kappa shape index (κ3) is 2.18. The molecular weight excluding hydrogens is 250 g/mol. The molecule has 1 aromatic heterocycles. The smallest absolute Gasteiger partial charge is 0.206 e. The minimum Gasteiger partial charge on any atom is -0.206 e. The number of halogens is 4. The van der Waals surface area contributed by atoms with Gasteiger partial charge >= 0.3 is 6.30 Å². The summed E-state index contributed by atoms with van der Waals surface area (Å²) in [4.78, 5) is 0. The summed E-state index contributed by atoms with van der Waals surface area (Å²) in [5.41, 5.74) is 0.0256. The number of benzene rings is 1. The van der Waals surface area contributed by atoms with Gasteiger partial charge in [-0.05, 0) is 18.2 Å². The van der Waals surface area contributed by atoms with E-state index in [1.807, 2.05) is 0 Å². The van der Waals surface area contributed by atoms with Gasteiger partial charge in [-0.25, -0.2) is 4.39 Å². The average molecular weight is 255 g/mol. The Hall–Kier alpha value is -2.36. The highest BCUT2D eigenvalue weighted by Gasteiger charge is 2.31. The maximum atomic E-state index is 13.5. The Kier molecular flexibility index (Phi) is 2.79. The SMILES string of the molecule is N#Cc1ccc(F)c(-c2cnn(C(F)(F)F)c2)c1. The first-order chi connectivity index (χ1) is 8.41. The molecule has 0 saturated carbocycles. The largest absolute Gasteiger partial charge is 0.504 e. The van der Waals surface area contributed by atoms with E-state index in [2.05, 4.69) is 5.10 Å². The van der Waals surface area contributed by atoms with Gasteiger partial charge in [-0.2, -0.15) is 15.0 Å². The van der Waals surface area contributed by atoms with Crippen molar-refractivity contribution in [2.24, 2.45) is 0 Å². The molecule has 0 atom stereocenters. The molecule has 18 heavy (non-hydrogen) atoms. The molecule has 0 fully saturated rings. The Bertz CT molecular complexity index is 622. The number of nitriles is 1. The number of hydrogen-bond donors (Lipinski definition) is 0. The zero-order valence-corrected chi connectivity index (χ0v) is 8.74. The van der Waals surface area contributed by atoms with Crippen LogP contribution in [0.1, 0.15) is 5.56 Å². The second kappa shape index (κ2) is 4.14. The lowest BCUT2D eigenvalue weighted by Gasteiger charge is -2.04. The molecular formula is C11H5F4N3. The van der Waals surface area contributed by atoms with Crippen LogP contribution in [0.25, 0.3) is 11.1 Å². The van der Waals surface area contributed by atoms with Crippen LogP contribution in [0, 0.1) is 17.1 Å². The predicted molar refractivity (Wildman–Crippen MR) is 53.6 cm³/mol. The first kappa shape index (κ1) is 12.1. The molecule has 0 aliphatic rings. The van der Waals surface area contributed by atoms with Crippen LogP contribution in [-0.4, -0.2) is 9.78 Å². The Labute approximate surface area is 98.9 Å². The van der Waals surface area contributed by atoms with E-state index in [-0.39, 0.29) is 21.4 Å². The van der Waals surface area contributed by atoms with Gasteiger partial charge in [0.15, 0.2) is 0 Å². The van der Waals surface area contributed by atoms with Crippen molar-refractivity contribution < 1.29 is 17.6 Å². The van der Waals surface area contributed by atoms with E-state index < -0.39 is 12.1 Å². The van der Waals surface area contributed by atoms with Gasteiger partial charge in [-0.15, -0.1) is 13.2 Å². The molecule has 92 valence electrons. The second-order valence-corrected chi connectivity index (χ2v) is 3.45. The highest BCUT2D eigenvalue weighted by atomic mass is 19.4. The van der Waals surface area contributed by atoms with Crippen molar-refractivity contribution in [1.82, 2.24) is 9.78 Å². The molecule has 0 bridgehead atoms. The molecule has 2 rings (SSSR count). The van der Waals surface area contributed by atoms with E-state index in [1.165, 1.54) is 12.1 Å². The van der Waals surface area contributed by atoms with Crippen molar-refractivity contribution in [1.29, 1.82) is 5.26 Å². The Morgan fingerprint density at radius 3 is 2.56 bits per heavy atom. The van der Waals surface area contributed by atoms with Gasteiger partial charge in [0.1, 0.15) is 5.82 Å². The topological polar surface area (TPSA) is 41.6 Å². The van der Waals surface area contributed by atoms with Crippen molar-refractivity contribution in [3.05, 3.63) is 42.0 Å². The number of rotatable bonds is 1. The average Bonchev–Trinajstić information content (AvgIpc) is 2.78. The van der Waals surface area contributed by atoms with Crippen LogP contribution in [0.5, 0.6) is 0 Å². The van der Waals surface area contributed by atoms with Crippen molar-refractivity contribution in [2.75, 3.05) is 0 Å². The molecule has 0 aliphatic heterocycles. The van der Waals surface area contributed by atoms with E-state index in [1.54, 1.807) is 6.07 Å². The summed E-state index contributed by atoms with van der Waals surface area (Å²) in [6.45, 7) is 0. The van der Waals surface area contributed by atoms with Crippen molar-refractivity contribution in [2.45, 2.75) is 6.30 Å². The highest BCUT2D eigenvalue weighted by Crippen LogP contribution is 2.27. The fraction of sp³-hybridized carbons (Fsp3) is 0.0909. The van der Waals surface area contributed by atoms with E-state index in [0.717, 1.165) is 12.3 Å². The molecule has 1 heterocycles. The van der Waals surface area contributed by atoms with Gasteiger partial charge in [0, 0.05) is 17.3 Å². The minimum atomic E-state index is -4.65. The Morgan fingerprint density at radius 2 is 2.00 bits per heavy atom. The third-order valence-electron chi connectivity index (χ3n) is 2.25. The molecule has 2 aromatic rings. The Morgan fingerprint density at radius 1 is 1.28 bits per heavy atom. The summed E-state index contributed by atoms with van der Waals surface area (Å²) >= 11 is 0. The molecule has 7 heteroatoms. The van der Waals surface area contributed by atoms with Crippen LogP contribution >= 0.6 is 0 Å². The number of aromatic nitrogens is 2. The quantitative estimate of drug-likeness (QED) is 0.735. The van der Waals surface area contributed by atoms with E-state index >= 15 is 0 Å². The van der Waals surface area contributed by atoms with E-state index in [4.69, 9.17) is 5.26 Å². The van der Waals surface area contributed by atoms with E-state index in [0.29, 0.717) is 6.20 Å². The Balaban J connectivity index is 2.50. The molecule has 0 amide bonds. The molecule has 0 radical (unpaired) electrons. The highest BCUT2D eigenvalue weighted by molar-refractivity contribution is 5.64. The lowest BCUT2D eigenvalue weighted by molar-refractivity contribution is -0.212. The summed E-state index contributed by atoms with van der Waals surface area (Å²) in [6, 6.07) is 5.23. The number of hydrogen-bond acceptors (Lipinski definition) is 2. The molecule has 1 aromatic carbocycles. The standard InChI is InChI=1S/C11H5F4N3/c12-10-2-1-7(4-16)3-9(10)8-5-17-18(6-8)11(13,14)15/h1-3,5-6H. The fourth-order valence-corrected chi connectivity index (χ4v) is 1.42. The van der Waals surface area contributed by atoms with Crippen LogP contribution in [0.2, 0.25) is 0 Å². The van der Waals surface area contributed by atoms with Gasteiger partial charge in [0.05, 0.1) is 17.8 Å². The third-order valence-corrected chi connectivity index (χ3v) is 2.25. The van der Waals surface area contributed by atoms with Gasteiger partial charge in [-0.3, -0.25) is 0 Å². The van der Waals surface area contributed by atoms with Crippen molar-refractivity contribution in [3.8, 4) is 17.2 Å². The maximum absolute atomic E-state index is 13.5. The van der Waals surface area contributed by atoms with Gasteiger partial charge in [-0.1, -0.05) is 0 Å². The van der Waals surface area contributed by atoms with E-state index in [9.17, 15) is 17.6 Å². The molecule has 0 saturated heterocycles. The summed E-state index contributed by atoms with van der Waals surface area (Å²) in [5, 5.41) is 11.8. The first-order valence-electron chi connectivity index (χ1n) is 4.73. The zero-order valence-electron chi connectivity index (χ0n) is 8.74. The lowest BCUT2D eigenvalue weighted by Crippen LogP contribution is -2.16. The van der Waals surface area contributed by atoms with Crippen molar-refractivity contribution >= 4 is 0 Å². The van der Waals surface area contributed by atoms with Gasteiger partial charge in [0.25, 0.3) is 0 Å². The van der Waals surface area contributed by atoms with Crippen LogP contribution in [0.3, 0.4) is 0 Å². The van der Waals surface area contributed by atoms with Gasteiger partial charge in [0.2, 0.25) is 0 Å². The lowest BCUT2D eigenvalue weighted by atomic mass is 10.1. The number of alkyl halides is 3. The summed E-state index contributed by atoms with van der Waals surface area (Å²) in [5.74, 6) is -0.712. The summed E-state index contributed by atoms with van der Waals surface area (Å²) < 4.78 is 50.2. The van der Waals surface area contributed by atoms with Gasteiger partial charge < -0.3 is 0 Å². The molecule has 0 aliphatic carbocycles. The minimum absolute atomic E-state index is 0.0399. The zero-order chi connectivity index (χ0) is 13.3. The molecule has 3 nitrogen and oxygen atoms in total. The molecule has 0 spiro atoms. The summed E-state index contributed by atoms with van der Waals surface area (Å²) in [6.07, 6.45) is -3.09. The van der Waals surface area contributed by atoms with Crippen LogP contribution < -0.4 is 0 Å². The van der Waals surface area contributed by atoms with Crippen LogP contribution in [0.15, 0.2) is 30.6 Å². The molecule has 0 unspecified atom stereocenters. The summed E-state index contributed by atoms with van der Waals surface area (Å²) in [7, 11) is 0. The van der Waals surface area contributed by atoms with Crippen LogP contribution in [0.4, 0.5) is 17.6 Å². The maximum Gasteiger partial charge on any atom is 0.504 e.